The molecule has 2 aromatic rings. The number of nitrogens with one attached hydrogen (secondary N) is 1. The normalized spacial score (nSPS) is 12.1. The van der Waals surface area contributed by atoms with E-state index >= 15 is 0 Å². The van der Waals surface area contributed by atoms with E-state index in [9.17, 15) is 9.18 Å². The zero-order chi connectivity index (χ0) is 14.2. The van der Waals surface area contributed by atoms with E-state index in [4.69, 9.17) is 0 Å². The molecule has 0 unspecified atom stereocenters. The number of H-pyrrole nitrogens is 1. The Labute approximate surface area is 113 Å². The van der Waals surface area contributed by atoms with E-state index < -0.39 is 0 Å². The number of hydrogen-bond acceptors (Lipinski definition) is 1. The van der Waals surface area contributed by atoms with Crippen LogP contribution in [0.4, 0.5) is 4.39 Å². The molecule has 1 heterocycles. The molecule has 0 aliphatic heterocycles. The number of aromatic nitrogens is 1. The molecule has 0 atom stereocenters. The predicted octanol–water partition coefficient (Wildman–Crippen LogP) is 4.26. The first-order valence-corrected chi connectivity index (χ1v) is 6.58. The highest BCUT2D eigenvalue weighted by molar-refractivity contribution is 5.85. The van der Waals surface area contributed by atoms with E-state index in [-0.39, 0.29) is 17.0 Å². The SMILES string of the molecule is CC(=O)CCC(C)(C)c1c[nH]c2cc(F)c(C)cc12. The van der Waals surface area contributed by atoms with Gasteiger partial charge in [-0.1, -0.05) is 13.8 Å². The van der Waals surface area contributed by atoms with Gasteiger partial charge in [0, 0.05) is 23.5 Å². The zero-order valence-electron chi connectivity index (χ0n) is 11.9. The van der Waals surface area contributed by atoms with E-state index in [1.165, 1.54) is 6.07 Å². The number of aryl methyl sites for hydroxylation is 1. The van der Waals surface area contributed by atoms with Gasteiger partial charge in [0.25, 0.3) is 0 Å². The summed E-state index contributed by atoms with van der Waals surface area (Å²) in [6.07, 6.45) is 3.30. The minimum Gasteiger partial charge on any atom is -0.361 e. The smallest absolute Gasteiger partial charge is 0.129 e. The molecule has 19 heavy (non-hydrogen) atoms. The lowest BCUT2D eigenvalue weighted by molar-refractivity contribution is -0.117. The monoisotopic (exact) mass is 261 g/mol. The number of carbonyl (C=O) groups is 1. The fourth-order valence-electron chi connectivity index (χ4n) is 2.43. The summed E-state index contributed by atoms with van der Waals surface area (Å²) in [5, 5.41) is 1.05. The summed E-state index contributed by atoms with van der Waals surface area (Å²) in [4.78, 5) is 14.3. The van der Waals surface area contributed by atoms with Crippen molar-refractivity contribution in [2.45, 2.75) is 46.0 Å². The molecule has 0 amide bonds. The van der Waals surface area contributed by atoms with Gasteiger partial charge in [0.15, 0.2) is 0 Å². The Morgan fingerprint density at radius 2 is 2.05 bits per heavy atom. The maximum absolute atomic E-state index is 13.5. The Bertz CT molecular complexity index is 625. The maximum Gasteiger partial charge on any atom is 0.129 e. The van der Waals surface area contributed by atoms with Crippen molar-refractivity contribution in [1.29, 1.82) is 0 Å². The molecule has 2 nitrogen and oxygen atoms in total. The molecule has 0 radical (unpaired) electrons. The highest BCUT2D eigenvalue weighted by atomic mass is 19.1. The Morgan fingerprint density at radius 3 is 2.68 bits per heavy atom. The Balaban J connectivity index is 2.44. The zero-order valence-corrected chi connectivity index (χ0v) is 11.9. The lowest BCUT2D eigenvalue weighted by atomic mass is 9.80. The number of rotatable bonds is 4. The van der Waals surface area contributed by atoms with Crippen LogP contribution in [0.15, 0.2) is 18.3 Å². The Hall–Kier alpha value is -1.64. The topological polar surface area (TPSA) is 32.9 Å². The van der Waals surface area contributed by atoms with Gasteiger partial charge in [-0.3, -0.25) is 0 Å². The highest BCUT2D eigenvalue weighted by Crippen LogP contribution is 2.34. The summed E-state index contributed by atoms with van der Waals surface area (Å²) in [6.45, 7) is 7.63. The van der Waals surface area contributed by atoms with Crippen LogP contribution in [0.2, 0.25) is 0 Å². The number of halogens is 1. The Kier molecular flexibility index (Phi) is 3.48. The van der Waals surface area contributed by atoms with Crippen molar-refractivity contribution in [3.05, 3.63) is 35.3 Å². The molecular weight excluding hydrogens is 241 g/mol. The van der Waals surface area contributed by atoms with Crippen LogP contribution < -0.4 is 0 Å². The predicted molar refractivity (Wildman–Crippen MR) is 75.9 cm³/mol. The second-order valence-electron chi connectivity index (χ2n) is 5.94. The maximum atomic E-state index is 13.5. The molecule has 0 spiro atoms. The van der Waals surface area contributed by atoms with Gasteiger partial charge in [-0.25, -0.2) is 4.39 Å². The molecule has 0 saturated carbocycles. The quantitative estimate of drug-likeness (QED) is 0.876. The van der Waals surface area contributed by atoms with Crippen molar-refractivity contribution < 1.29 is 9.18 Å². The van der Waals surface area contributed by atoms with E-state index in [1.54, 1.807) is 13.8 Å². The minimum absolute atomic E-state index is 0.103. The van der Waals surface area contributed by atoms with Crippen molar-refractivity contribution in [1.82, 2.24) is 4.98 Å². The molecule has 0 saturated heterocycles. The summed E-state index contributed by atoms with van der Waals surface area (Å²) in [7, 11) is 0. The fourth-order valence-corrected chi connectivity index (χ4v) is 2.43. The van der Waals surface area contributed by atoms with E-state index in [0.717, 1.165) is 22.9 Å². The fraction of sp³-hybridized carbons (Fsp3) is 0.438. The van der Waals surface area contributed by atoms with Gasteiger partial charge in [0.05, 0.1) is 0 Å². The van der Waals surface area contributed by atoms with Crippen molar-refractivity contribution >= 4 is 16.7 Å². The van der Waals surface area contributed by atoms with Gasteiger partial charge in [-0.05, 0) is 48.9 Å². The molecule has 1 N–H and O–H groups in total. The third-order valence-electron chi connectivity index (χ3n) is 3.79. The molecule has 0 fully saturated rings. The number of hydrogen-bond donors (Lipinski definition) is 1. The second-order valence-corrected chi connectivity index (χ2v) is 5.94. The second kappa shape index (κ2) is 4.80. The van der Waals surface area contributed by atoms with Crippen molar-refractivity contribution in [3.8, 4) is 0 Å². The molecule has 102 valence electrons. The van der Waals surface area contributed by atoms with Gasteiger partial charge in [0.1, 0.15) is 11.6 Å². The number of aromatic amines is 1. The van der Waals surface area contributed by atoms with Crippen molar-refractivity contribution in [2.24, 2.45) is 0 Å². The third-order valence-corrected chi connectivity index (χ3v) is 3.79. The van der Waals surface area contributed by atoms with Gasteiger partial charge in [-0.2, -0.15) is 0 Å². The first-order valence-electron chi connectivity index (χ1n) is 6.58. The standard InChI is InChI=1S/C16H20FNO/c1-10-7-12-13(9-18-15(12)8-14(10)17)16(3,4)6-5-11(2)19/h7-9,18H,5-6H2,1-4H3. The molecule has 1 aromatic carbocycles. The number of carbonyl (C=O) groups excluding carboxylic acids is 1. The first-order chi connectivity index (χ1) is 8.81. The molecule has 0 aliphatic rings. The van der Waals surface area contributed by atoms with E-state index in [1.807, 2.05) is 12.3 Å². The van der Waals surface area contributed by atoms with Crippen LogP contribution >= 0.6 is 0 Å². The van der Waals surface area contributed by atoms with E-state index in [2.05, 4.69) is 18.8 Å². The Morgan fingerprint density at radius 1 is 1.37 bits per heavy atom. The van der Waals surface area contributed by atoms with Crippen LogP contribution in [0.1, 0.15) is 44.7 Å². The van der Waals surface area contributed by atoms with E-state index in [0.29, 0.717) is 12.0 Å². The lowest BCUT2D eigenvalue weighted by Crippen LogP contribution is -2.17. The van der Waals surface area contributed by atoms with Crippen LogP contribution in [0.25, 0.3) is 10.9 Å². The molecule has 2 rings (SSSR count). The summed E-state index contributed by atoms with van der Waals surface area (Å²) in [5.74, 6) is 0.0117. The van der Waals surface area contributed by atoms with Crippen LogP contribution in [0, 0.1) is 12.7 Å². The average molecular weight is 261 g/mol. The number of fused-ring (bicyclic) bond motifs is 1. The lowest BCUT2D eigenvalue weighted by Gasteiger charge is -2.24. The van der Waals surface area contributed by atoms with Crippen LogP contribution in [-0.4, -0.2) is 10.8 Å². The third kappa shape index (κ3) is 2.70. The average Bonchev–Trinajstić information content (AvgIpc) is 2.71. The molecule has 1 aromatic heterocycles. The molecule has 0 aliphatic carbocycles. The largest absolute Gasteiger partial charge is 0.361 e. The summed E-state index contributed by atoms with van der Waals surface area (Å²) < 4.78 is 13.5. The number of Topliss-reactive ketones (excluding diaryl/α,β-unsaturated/α-hetero) is 1. The molecule has 0 bridgehead atoms. The summed E-state index contributed by atoms with van der Waals surface area (Å²) >= 11 is 0. The van der Waals surface area contributed by atoms with Gasteiger partial charge >= 0.3 is 0 Å². The highest BCUT2D eigenvalue weighted by Gasteiger charge is 2.24. The van der Waals surface area contributed by atoms with Gasteiger partial charge in [0.2, 0.25) is 0 Å². The number of benzene rings is 1. The van der Waals surface area contributed by atoms with Crippen LogP contribution in [0.3, 0.4) is 0 Å². The summed E-state index contributed by atoms with van der Waals surface area (Å²) in [6, 6.07) is 3.42. The van der Waals surface area contributed by atoms with Gasteiger partial charge in [-0.15, -0.1) is 0 Å². The van der Waals surface area contributed by atoms with Crippen LogP contribution in [0.5, 0.6) is 0 Å². The molecular formula is C16H20FNO. The van der Waals surface area contributed by atoms with Gasteiger partial charge < -0.3 is 9.78 Å². The minimum atomic E-state index is -0.192. The van der Waals surface area contributed by atoms with Crippen molar-refractivity contribution in [2.75, 3.05) is 0 Å². The van der Waals surface area contributed by atoms with Crippen LogP contribution in [-0.2, 0) is 10.2 Å². The summed E-state index contributed by atoms with van der Waals surface area (Å²) in [5.41, 5.74) is 2.50. The molecule has 3 heteroatoms. The number of ketones is 1. The first kappa shape index (κ1) is 13.8. The van der Waals surface area contributed by atoms with Crippen molar-refractivity contribution in [3.63, 3.8) is 0 Å².